The van der Waals surface area contributed by atoms with Crippen molar-refractivity contribution in [3.63, 3.8) is 0 Å². The van der Waals surface area contributed by atoms with Crippen molar-refractivity contribution in [1.82, 2.24) is 31.9 Å². The number of aliphatic hydroxyl groups is 2. The Balaban J connectivity index is 5.47. The van der Waals surface area contributed by atoms with Gasteiger partial charge in [0.2, 0.25) is 35.4 Å². The molecule has 302 valence electrons. The van der Waals surface area contributed by atoms with Crippen LogP contribution in [0.15, 0.2) is 9.98 Å². The molecule has 19 N–H and O–H groups in total. The van der Waals surface area contributed by atoms with Gasteiger partial charge in [-0.1, -0.05) is 27.7 Å². The van der Waals surface area contributed by atoms with E-state index in [1.165, 1.54) is 0 Å². The SMILES string of the molecule is CC(C)[C@H](NC(=O)[C@@H](NC(=O)[C@@H](N)CCCN=C(N)N)C(C)C)C(=O)NCC(=O)N[C@@H](CO)C(=O)N[C@@H](CCCN=C(N)N)C(=O)N[C@@H](CO)C(=O)O. The van der Waals surface area contributed by atoms with E-state index in [-0.39, 0.29) is 44.3 Å². The first-order valence-corrected chi connectivity index (χ1v) is 16.8. The second kappa shape index (κ2) is 24.8. The lowest BCUT2D eigenvalue weighted by atomic mass is 9.99. The first-order valence-electron chi connectivity index (χ1n) is 16.8. The van der Waals surface area contributed by atoms with E-state index in [1.54, 1.807) is 27.7 Å². The maximum atomic E-state index is 13.2. The zero-order valence-electron chi connectivity index (χ0n) is 30.5. The lowest BCUT2D eigenvalue weighted by Gasteiger charge is -2.28. The summed E-state index contributed by atoms with van der Waals surface area (Å²) in [5.74, 6) is -7.74. The van der Waals surface area contributed by atoms with E-state index in [4.69, 9.17) is 33.8 Å². The molecule has 23 heteroatoms. The second-order valence-corrected chi connectivity index (χ2v) is 12.6. The van der Waals surface area contributed by atoms with Crippen LogP contribution in [0.1, 0.15) is 53.4 Å². The van der Waals surface area contributed by atoms with Gasteiger partial charge in [-0.2, -0.15) is 0 Å². The Labute approximate surface area is 307 Å². The molecule has 0 aliphatic rings. The fourth-order valence-corrected chi connectivity index (χ4v) is 4.44. The number of guanidine groups is 2. The Bertz CT molecular complexity index is 1300. The van der Waals surface area contributed by atoms with E-state index in [0.29, 0.717) is 6.42 Å². The van der Waals surface area contributed by atoms with Gasteiger partial charge in [-0.25, -0.2) is 4.79 Å². The number of rotatable bonds is 25. The number of nitrogens with one attached hydrogen (secondary N) is 6. The Morgan fingerprint density at radius 2 is 1.04 bits per heavy atom. The van der Waals surface area contributed by atoms with Crippen molar-refractivity contribution in [3.05, 3.63) is 0 Å². The highest BCUT2D eigenvalue weighted by Crippen LogP contribution is 2.08. The van der Waals surface area contributed by atoms with E-state index in [1.807, 2.05) is 0 Å². The van der Waals surface area contributed by atoms with Gasteiger partial charge in [0.1, 0.15) is 30.2 Å². The highest BCUT2D eigenvalue weighted by Gasteiger charge is 2.32. The summed E-state index contributed by atoms with van der Waals surface area (Å²) in [6, 6.07) is -7.87. The monoisotopic (exact) mass is 759 g/mol. The molecule has 6 amide bonds. The second-order valence-electron chi connectivity index (χ2n) is 12.6. The van der Waals surface area contributed by atoms with Crippen LogP contribution in [0.5, 0.6) is 0 Å². The Kier molecular flexibility index (Phi) is 22.3. The van der Waals surface area contributed by atoms with Gasteiger partial charge >= 0.3 is 5.97 Å². The molecule has 0 spiro atoms. The molecule has 0 aromatic carbocycles. The molecule has 0 radical (unpaired) electrons. The van der Waals surface area contributed by atoms with E-state index < -0.39 is 109 Å². The lowest BCUT2D eigenvalue weighted by molar-refractivity contribution is -0.143. The fraction of sp³-hybridized carbons (Fsp3) is 0.700. The molecule has 0 unspecified atom stereocenters. The minimum Gasteiger partial charge on any atom is -0.480 e. The Morgan fingerprint density at radius 3 is 1.51 bits per heavy atom. The minimum absolute atomic E-state index is 0.0474. The molecule has 0 aliphatic heterocycles. The van der Waals surface area contributed by atoms with Crippen LogP contribution in [0.3, 0.4) is 0 Å². The number of aliphatic hydroxyl groups excluding tert-OH is 2. The van der Waals surface area contributed by atoms with Crippen molar-refractivity contribution in [2.75, 3.05) is 32.8 Å². The molecule has 0 rings (SSSR count). The number of carboxylic acids is 1. The number of nitrogens with two attached hydrogens (primary N) is 5. The predicted octanol–water partition coefficient (Wildman–Crippen LogP) is -6.66. The average Bonchev–Trinajstić information content (AvgIpc) is 3.08. The van der Waals surface area contributed by atoms with Gasteiger partial charge in [-0.15, -0.1) is 0 Å². The summed E-state index contributed by atoms with van der Waals surface area (Å²) in [4.78, 5) is 96.3. The number of carbonyl (C=O) groups excluding carboxylic acids is 6. The van der Waals surface area contributed by atoms with Gasteiger partial charge in [-0.3, -0.25) is 38.8 Å². The smallest absolute Gasteiger partial charge is 0.328 e. The standard InChI is InChI=1S/C30H57N13O10/c1-14(2)21(43-27(51)22(15(3)4)42-23(47)16(31)7-5-9-36-29(32)33)26(50)38-11-20(46)39-18(12-44)25(49)40-17(8-6-10-37-30(34)35)24(48)41-19(13-45)28(52)53/h14-19,21-22,44-45H,5-13,31H2,1-4H3,(H,38,50)(H,39,46)(H,40,49)(H,41,48)(H,42,47)(H,43,51)(H,52,53)(H4,32,33,36)(H4,34,35,37)/t16-,17-,18-,19-,21-,22-/m0/s1. The topological polar surface area (TPSA) is 407 Å². The van der Waals surface area contributed by atoms with Crippen LogP contribution in [0.25, 0.3) is 0 Å². The number of carboxylic acid groups (broad SMARTS) is 1. The van der Waals surface area contributed by atoms with E-state index in [2.05, 4.69) is 41.9 Å². The Hall–Kier alpha value is -5.29. The van der Waals surface area contributed by atoms with Gasteiger partial charge in [-0.05, 0) is 37.5 Å². The van der Waals surface area contributed by atoms with Crippen molar-refractivity contribution >= 4 is 53.3 Å². The molecule has 0 saturated carbocycles. The molecule has 0 aromatic heterocycles. The van der Waals surface area contributed by atoms with Crippen LogP contribution in [0.2, 0.25) is 0 Å². The molecular formula is C30H57N13O10. The largest absolute Gasteiger partial charge is 0.480 e. The number of nitrogens with zero attached hydrogens (tertiary/aromatic N) is 2. The summed E-state index contributed by atoms with van der Waals surface area (Å²) >= 11 is 0. The molecule has 23 nitrogen and oxygen atoms in total. The van der Waals surface area contributed by atoms with Crippen LogP contribution < -0.4 is 60.6 Å². The average molecular weight is 760 g/mol. The third kappa shape index (κ3) is 19.2. The summed E-state index contributed by atoms with van der Waals surface area (Å²) < 4.78 is 0. The van der Waals surface area contributed by atoms with E-state index >= 15 is 0 Å². The molecule has 0 heterocycles. The molecule has 0 fully saturated rings. The van der Waals surface area contributed by atoms with Crippen molar-refractivity contribution in [2.45, 2.75) is 89.6 Å². The zero-order chi connectivity index (χ0) is 40.8. The zero-order valence-corrected chi connectivity index (χ0v) is 30.5. The summed E-state index contributed by atoms with van der Waals surface area (Å²) in [6.07, 6.45) is 0.688. The molecule has 53 heavy (non-hydrogen) atoms. The third-order valence-electron chi connectivity index (χ3n) is 7.43. The number of hydrogen-bond acceptors (Lipinski definition) is 12. The molecule has 0 bridgehead atoms. The number of amides is 6. The van der Waals surface area contributed by atoms with Crippen LogP contribution in [0.4, 0.5) is 0 Å². The lowest BCUT2D eigenvalue weighted by Crippen LogP contribution is -2.59. The molecule has 0 saturated heterocycles. The van der Waals surface area contributed by atoms with Crippen LogP contribution in [0, 0.1) is 11.8 Å². The van der Waals surface area contributed by atoms with Crippen LogP contribution in [-0.2, 0) is 33.6 Å². The summed E-state index contributed by atoms with van der Waals surface area (Å²) in [7, 11) is 0. The number of hydrogen-bond donors (Lipinski definition) is 14. The van der Waals surface area contributed by atoms with E-state index in [0.717, 1.165) is 0 Å². The Morgan fingerprint density at radius 1 is 0.585 bits per heavy atom. The van der Waals surface area contributed by atoms with Crippen molar-refractivity contribution < 1.29 is 48.9 Å². The van der Waals surface area contributed by atoms with Crippen LogP contribution >= 0.6 is 0 Å². The van der Waals surface area contributed by atoms with Gasteiger partial charge in [0, 0.05) is 13.1 Å². The predicted molar refractivity (Wildman–Crippen MR) is 192 cm³/mol. The molecular weight excluding hydrogens is 702 g/mol. The first kappa shape index (κ1) is 47.7. The molecule has 6 atom stereocenters. The highest BCUT2D eigenvalue weighted by molar-refractivity contribution is 5.96. The minimum atomic E-state index is -1.68. The van der Waals surface area contributed by atoms with Crippen molar-refractivity contribution in [1.29, 1.82) is 0 Å². The van der Waals surface area contributed by atoms with Gasteiger partial charge in [0.25, 0.3) is 0 Å². The van der Waals surface area contributed by atoms with Gasteiger partial charge in [0.15, 0.2) is 11.9 Å². The summed E-state index contributed by atoms with van der Waals surface area (Å²) in [5, 5.41) is 42.4. The fourth-order valence-electron chi connectivity index (χ4n) is 4.44. The first-order chi connectivity index (χ1) is 24.7. The summed E-state index contributed by atoms with van der Waals surface area (Å²) in [5.41, 5.74) is 27.1. The van der Waals surface area contributed by atoms with Gasteiger partial charge in [0.05, 0.1) is 25.8 Å². The maximum Gasteiger partial charge on any atom is 0.328 e. The normalized spacial score (nSPS) is 14.3. The number of aliphatic imine (C=N–C) groups is 2. The van der Waals surface area contributed by atoms with Crippen LogP contribution in [-0.4, -0.2) is 138 Å². The highest BCUT2D eigenvalue weighted by atomic mass is 16.4. The summed E-state index contributed by atoms with van der Waals surface area (Å²) in [6.45, 7) is 4.37. The molecule has 0 aromatic rings. The quantitative estimate of drug-likeness (QED) is 0.0234. The van der Waals surface area contributed by atoms with Crippen molar-refractivity contribution in [2.24, 2.45) is 50.5 Å². The van der Waals surface area contributed by atoms with E-state index in [9.17, 15) is 43.8 Å². The van der Waals surface area contributed by atoms with Crippen molar-refractivity contribution in [3.8, 4) is 0 Å². The molecule has 0 aliphatic carbocycles. The van der Waals surface area contributed by atoms with Gasteiger partial charge < -0.3 is 75.9 Å². The number of carbonyl (C=O) groups is 7. The number of aliphatic carboxylic acids is 1. The third-order valence-corrected chi connectivity index (χ3v) is 7.43. The maximum absolute atomic E-state index is 13.2.